The molecule has 1 aromatic rings. The van der Waals surface area contributed by atoms with E-state index < -0.39 is 0 Å². The van der Waals surface area contributed by atoms with Crippen molar-refractivity contribution in [3.05, 3.63) is 29.3 Å². The fourth-order valence-corrected chi connectivity index (χ4v) is 2.26. The fourth-order valence-electron chi connectivity index (χ4n) is 2.26. The lowest BCUT2D eigenvalue weighted by atomic mass is 10.1. The average molecular weight is 233 g/mol. The van der Waals surface area contributed by atoms with Crippen LogP contribution in [0.5, 0.6) is 5.75 Å². The Kier molecular flexibility index (Phi) is 4.43. The van der Waals surface area contributed by atoms with Gasteiger partial charge in [0.1, 0.15) is 12.4 Å². The van der Waals surface area contributed by atoms with Gasteiger partial charge in [-0.1, -0.05) is 13.0 Å². The summed E-state index contributed by atoms with van der Waals surface area (Å²) in [4.78, 5) is 0. The first-order valence-electron chi connectivity index (χ1n) is 6.77. The van der Waals surface area contributed by atoms with Crippen LogP contribution in [0.2, 0.25) is 0 Å². The molecule has 2 nitrogen and oxygen atoms in total. The molecule has 1 atom stereocenters. The fraction of sp³-hybridized carbons (Fsp3) is 0.600. The van der Waals surface area contributed by atoms with Crippen molar-refractivity contribution in [2.24, 2.45) is 0 Å². The Morgan fingerprint density at radius 3 is 2.94 bits per heavy atom. The summed E-state index contributed by atoms with van der Waals surface area (Å²) >= 11 is 0. The molecule has 1 N–H and O–H groups in total. The van der Waals surface area contributed by atoms with Crippen LogP contribution in [-0.4, -0.2) is 19.2 Å². The summed E-state index contributed by atoms with van der Waals surface area (Å²) in [5.41, 5.74) is 2.99. The molecule has 1 aliphatic rings. The molecule has 0 spiro atoms. The highest BCUT2D eigenvalue weighted by molar-refractivity contribution is 5.38. The van der Waals surface area contributed by atoms with E-state index in [1.807, 2.05) is 0 Å². The van der Waals surface area contributed by atoms with Gasteiger partial charge in [-0.15, -0.1) is 0 Å². The van der Waals surface area contributed by atoms with E-state index in [4.69, 9.17) is 4.74 Å². The van der Waals surface area contributed by atoms with E-state index in [-0.39, 0.29) is 0 Å². The van der Waals surface area contributed by atoms with Crippen molar-refractivity contribution in [3.63, 3.8) is 0 Å². The molecule has 0 radical (unpaired) electrons. The molecular weight excluding hydrogens is 210 g/mol. The van der Waals surface area contributed by atoms with Crippen molar-refractivity contribution in [1.82, 2.24) is 5.32 Å². The molecule has 0 aromatic heterocycles. The van der Waals surface area contributed by atoms with Gasteiger partial charge in [0.05, 0.1) is 0 Å². The van der Waals surface area contributed by atoms with E-state index in [0.29, 0.717) is 6.04 Å². The Hall–Kier alpha value is -1.02. The molecule has 94 valence electrons. The average Bonchev–Trinajstić information content (AvgIpc) is 2.81. The first-order valence-corrected chi connectivity index (χ1v) is 6.77. The summed E-state index contributed by atoms with van der Waals surface area (Å²) in [6.45, 7) is 6.07. The summed E-state index contributed by atoms with van der Waals surface area (Å²) in [6.07, 6.45) is 4.93. The van der Waals surface area contributed by atoms with Gasteiger partial charge in [0.25, 0.3) is 0 Å². The molecule has 1 aliphatic carbocycles. The minimum atomic E-state index is 0.582. The van der Waals surface area contributed by atoms with Gasteiger partial charge in [-0.3, -0.25) is 0 Å². The zero-order valence-corrected chi connectivity index (χ0v) is 11.0. The van der Waals surface area contributed by atoms with E-state index in [1.165, 1.54) is 36.8 Å². The summed E-state index contributed by atoms with van der Waals surface area (Å²) in [7, 11) is 0. The van der Waals surface area contributed by atoms with E-state index in [1.54, 1.807) is 0 Å². The molecule has 2 heteroatoms. The highest BCUT2D eigenvalue weighted by atomic mass is 16.5. The molecule has 0 saturated carbocycles. The zero-order valence-electron chi connectivity index (χ0n) is 11.0. The maximum absolute atomic E-state index is 5.76. The molecule has 0 heterocycles. The highest BCUT2D eigenvalue weighted by Crippen LogP contribution is 2.25. The summed E-state index contributed by atoms with van der Waals surface area (Å²) in [5.74, 6) is 1.02. The van der Waals surface area contributed by atoms with Crippen LogP contribution in [0.3, 0.4) is 0 Å². The first-order chi connectivity index (χ1) is 8.29. The van der Waals surface area contributed by atoms with Crippen molar-refractivity contribution in [2.45, 2.75) is 45.6 Å². The Morgan fingerprint density at radius 1 is 1.29 bits per heavy atom. The molecule has 1 aromatic carbocycles. The second-order valence-electron chi connectivity index (χ2n) is 4.90. The van der Waals surface area contributed by atoms with Gasteiger partial charge in [0.2, 0.25) is 0 Å². The van der Waals surface area contributed by atoms with Crippen LogP contribution in [-0.2, 0) is 12.8 Å². The molecule has 1 unspecified atom stereocenters. The molecule has 2 rings (SSSR count). The van der Waals surface area contributed by atoms with Crippen LogP contribution < -0.4 is 10.1 Å². The monoisotopic (exact) mass is 233 g/mol. The third-order valence-electron chi connectivity index (χ3n) is 3.55. The first kappa shape index (κ1) is 12.4. The molecular formula is C15H23NO. The maximum Gasteiger partial charge on any atom is 0.119 e. The second-order valence-corrected chi connectivity index (χ2v) is 4.90. The van der Waals surface area contributed by atoms with Gasteiger partial charge in [-0.05, 0) is 55.9 Å². The lowest BCUT2D eigenvalue weighted by Gasteiger charge is -2.12. The quantitative estimate of drug-likeness (QED) is 0.763. The van der Waals surface area contributed by atoms with Crippen LogP contribution in [0.1, 0.15) is 37.8 Å². The number of rotatable bonds is 6. The zero-order chi connectivity index (χ0) is 12.1. The predicted molar refractivity (Wildman–Crippen MR) is 71.7 cm³/mol. The third-order valence-corrected chi connectivity index (χ3v) is 3.55. The molecule has 0 saturated heterocycles. The van der Waals surface area contributed by atoms with Crippen LogP contribution in [0.4, 0.5) is 0 Å². The topological polar surface area (TPSA) is 21.3 Å². The molecule has 0 fully saturated rings. The number of ether oxygens (including phenoxy) is 1. The SMILES string of the molecule is CCC(C)NCCOc1ccc2c(c1)CCC2. The van der Waals surface area contributed by atoms with Gasteiger partial charge >= 0.3 is 0 Å². The number of benzene rings is 1. The molecule has 17 heavy (non-hydrogen) atoms. The van der Waals surface area contributed by atoms with Crippen LogP contribution in [0.15, 0.2) is 18.2 Å². The molecule has 0 aliphatic heterocycles. The second kappa shape index (κ2) is 6.06. The van der Waals surface area contributed by atoms with Crippen molar-refractivity contribution >= 4 is 0 Å². The molecule has 0 bridgehead atoms. The molecule has 0 amide bonds. The van der Waals surface area contributed by atoms with Crippen molar-refractivity contribution in [3.8, 4) is 5.75 Å². The van der Waals surface area contributed by atoms with Gasteiger partial charge in [-0.25, -0.2) is 0 Å². The van der Waals surface area contributed by atoms with Crippen LogP contribution in [0.25, 0.3) is 0 Å². The van der Waals surface area contributed by atoms with Gasteiger partial charge in [-0.2, -0.15) is 0 Å². The summed E-state index contributed by atoms with van der Waals surface area (Å²) in [5, 5.41) is 3.43. The summed E-state index contributed by atoms with van der Waals surface area (Å²) < 4.78 is 5.76. The number of fused-ring (bicyclic) bond motifs is 1. The number of aryl methyl sites for hydroxylation is 2. The lowest BCUT2D eigenvalue weighted by molar-refractivity contribution is 0.306. The van der Waals surface area contributed by atoms with Gasteiger partial charge in [0, 0.05) is 12.6 Å². The number of hydrogen-bond acceptors (Lipinski definition) is 2. The van der Waals surface area contributed by atoms with Crippen molar-refractivity contribution in [2.75, 3.05) is 13.2 Å². The van der Waals surface area contributed by atoms with Crippen molar-refractivity contribution in [1.29, 1.82) is 0 Å². The van der Waals surface area contributed by atoms with E-state index in [0.717, 1.165) is 18.9 Å². The Balaban J connectivity index is 1.76. The maximum atomic E-state index is 5.76. The normalized spacial score (nSPS) is 15.6. The van der Waals surface area contributed by atoms with Gasteiger partial charge < -0.3 is 10.1 Å². The van der Waals surface area contributed by atoms with Crippen LogP contribution in [0, 0.1) is 0 Å². The number of hydrogen-bond donors (Lipinski definition) is 1. The predicted octanol–water partition coefficient (Wildman–Crippen LogP) is 2.94. The largest absolute Gasteiger partial charge is 0.492 e. The third kappa shape index (κ3) is 3.47. The Bertz CT molecular complexity index is 362. The number of nitrogens with one attached hydrogen (secondary N) is 1. The standard InChI is InChI=1S/C15H23NO/c1-3-12(2)16-9-10-17-15-8-7-13-5-4-6-14(13)11-15/h7-8,11-12,16H,3-6,9-10H2,1-2H3. The van der Waals surface area contributed by atoms with Crippen molar-refractivity contribution < 1.29 is 4.74 Å². The minimum absolute atomic E-state index is 0.582. The highest BCUT2D eigenvalue weighted by Gasteiger charge is 2.10. The summed E-state index contributed by atoms with van der Waals surface area (Å²) in [6, 6.07) is 7.12. The van der Waals surface area contributed by atoms with E-state index in [9.17, 15) is 0 Å². The lowest BCUT2D eigenvalue weighted by Crippen LogP contribution is -2.29. The van der Waals surface area contributed by atoms with Gasteiger partial charge in [0.15, 0.2) is 0 Å². The Labute approximate surface area is 104 Å². The van der Waals surface area contributed by atoms with Crippen LogP contribution >= 0.6 is 0 Å². The van der Waals surface area contributed by atoms with E-state index >= 15 is 0 Å². The minimum Gasteiger partial charge on any atom is -0.492 e. The Morgan fingerprint density at radius 2 is 2.12 bits per heavy atom. The van der Waals surface area contributed by atoms with E-state index in [2.05, 4.69) is 37.4 Å². The smallest absolute Gasteiger partial charge is 0.119 e.